The van der Waals surface area contributed by atoms with Gasteiger partial charge < -0.3 is 20.1 Å². The molecule has 2 N–H and O–H groups in total. The first-order valence-electron chi connectivity index (χ1n) is 7.63. The number of benzene rings is 1. The van der Waals surface area contributed by atoms with Crippen LogP contribution in [0.1, 0.15) is 18.4 Å². The first kappa shape index (κ1) is 19.3. The number of nitrogens with one attached hydrogen (secondary N) is 2. The van der Waals surface area contributed by atoms with Crippen LogP contribution in [-0.4, -0.2) is 38.8 Å². The molecule has 128 valence electrons. The van der Waals surface area contributed by atoms with Gasteiger partial charge in [-0.3, -0.25) is 4.79 Å². The predicted molar refractivity (Wildman–Crippen MR) is 93.7 cm³/mol. The number of methoxy groups -OCH3 is 1. The topological polar surface area (TPSA) is 59.6 Å². The van der Waals surface area contributed by atoms with E-state index in [4.69, 9.17) is 9.47 Å². The molecular weight excluding hydrogens is 316 g/mol. The number of halogens is 1. The van der Waals surface area contributed by atoms with Gasteiger partial charge in [0.25, 0.3) is 5.91 Å². The maximum atomic E-state index is 11.9. The molecule has 0 bridgehead atoms. The fraction of sp³-hybridized carbons (Fsp3) is 0.471. The number of carbonyl (C=O) groups excluding carboxylic acids is 1. The summed E-state index contributed by atoms with van der Waals surface area (Å²) >= 11 is 0. The van der Waals surface area contributed by atoms with Crippen molar-refractivity contribution in [2.75, 3.05) is 26.8 Å². The Morgan fingerprint density at radius 3 is 2.78 bits per heavy atom. The highest BCUT2D eigenvalue weighted by molar-refractivity contribution is 5.85. The van der Waals surface area contributed by atoms with Gasteiger partial charge in [-0.1, -0.05) is 12.1 Å². The second kappa shape index (κ2) is 10.1. The number of amides is 1. The van der Waals surface area contributed by atoms with Gasteiger partial charge in [0.1, 0.15) is 0 Å². The van der Waals surface area contributed by atoms with Crippen LogP contribution in [0.3, 0.4) is 0 Å². The second-order valence-electron chi connectivity index (χ2n) is 5.36. The van der Waals surface area contributed by atoms with E-state index in [0.29, 0.717) is 11.5 Å². The lowest BCUT2D eigenvalue weighted by molar-refractivity contribution is -0.124. The van der Waals surface area contributed by atoms with E-state index in [1.807, 2.05) is 24.3 Å². The smallest absolute Gasteiger partial charge is 0.258 e. The van der Waals surface area contributed by atoms with Gasteiger partial charge in [-0.2, -0.15) is 0 Å². The van der Waals surface area contributed by atoms with Gasteiger partial charge >= 0.3 is 0 Å². The molecule has 1 aromatic rings. The number of piperidine rings is 1. The molecule has 1 amide bonds. The van der Waals surface area contributed by atoms with E-state index in [1.54, 1.807) is 7.11 Å². The van der Waals surface area contributed by atoms with E-state index in [0.717, 1.165) is 37.9 Å². The largest absolute Gasteiger partial charge is 0.493 e. The molecule has 1 fully saturated rings. The highest BCUT2D eigenvalue weighted by Crippen LogP contribution is 2.28. The third kappa shape index (κ3) is 6.12. The summed E-state index contributed by atoms with van der Waals surface area (Å²) in [6.07, 6.45) is 4.53. The van der Waals surface area contributed by atoms with Crippen molar-refractivity contribution in [1.82, 2.24) is 10.6 Å². The average molecular weight is 341 g/mol. The van der Waals surface area contributed by atoms with E-state index in [-0.39, 0.29) is 31.0 Å². The number of allylic oxidation sites excluding steroid dienone is 1. The van der Waals surface area contributed by atoms with Crippen LogP contribution in [0.4, 0.5) is 0 Å². The molecule has 1 aromatic carbocycles. The van der Waals surface area contributed by atoms with Crippen molar-refractivity contribution in [3.8, 4) is 11.5 Å². The molecule has 1 saturated heterocycles. The maximum Gasteiger partial charge on any atom is 0.258 e. The SMILES string of the molecule is C=CCc1ccc(OCC(=O)NC2CCNCC2)c(OC)c1.Cl. The predicted octanol–water partition coefficient (Wildman–Crippen LogP) is 2.09. The molecular formula is C17H25ClN2O3. The van der Waals surface area contributed by atoms with Crippen LogP contribution in [0, 0.1) is 0 Å². The Balaban J connectivity index is 0.00000264. The first-order chi connectivity index (χ1) is 10.7. The molecule has 0 unspecified atom stereocenters. The number of hydrogen-bond donors (Lipinski definition) is 2. The van der Waals surface area contributed by atoms with Gasteiger partial charge in [-0.15, -0.1) is 19.0 Å². The molecule has 0 atom stereocenters. The zero-order valence-corrected chi connectivity index (χ0v) is 14.3. The summed E-state index contributed by atoms with van der Waals surface area (Å²) < 4.78 is 10.9. The fourth-order valence-corrected chi connectivity index (χ4v) is 2.50. The summed E-state index contributed by atoms with van der Waals surface area (Å²) in [5.41, 5.74) is 1.10. The zero-order valence-electron chi connectivity index (χ0n) is 13.5. The van der Waals surface area contributed by atoms with Gasteiger partial charge in [0.05, 0.1) is 7.11 Å². The van der Waals surface area contributed by atoms with Crippen LogP contribution < -0.4 is 20.1 Å². The summed E-state index contributed by atoms with van der Waals surface area (Å²) in [5, 5.41) is 6.27. The van der Waals surface area contributed by atoms with Gasteiger partial charge in [0.15, 0.2) is 18.1 Å². The van der Waals surface area contributed by atoms with Crippen LogP contribution in [0.25, 0.3) is 0 Å². The lowest BCUT2D eigenvalue weighted by Crippen LogP contribution is -2.44. The molecule has 23 heavy (non-hydrogen) atoms. The van der Waals surface area contributed by atoms with Crippen molar-refractivity contribution >= 4 is 18.3 Å². The third-order valence-electron chi connectivity index (χ3n) is 3.67. The maximum absolute atomic E-state index is 11.9. The Morgan fingerprint density at radius 1 is 1.39 bits per heavy atom. The van der Waals surface area contributed by atoms with Crippen molar-refractivity contribution < 1.29 is 14.3 Å². The minimum Gasteiger partial charge on any atom is -0.493 e. The molecule has 1 heterocycles. The molecule has 0 saturated carbocycles. The molecule has 0 aliphatic carbocycles. The van der Waals surface area contributed by atoms with Crippen LogP contribution in [-0.2, 0) is 11.2 Å². The summed E-state index contributed by atoms with van der Waals surface area (Å²) in [6, 6.07) is 5.93. The second-order valence-corrected chi connectivity index (χ2v) is 5.36. The number of ether oxygens (including phenoxy) is 2. The highest BCUT2D eigenvalue weighted by atomic mass is 35.5. The standard InChI is InChI=1S/C17H24N2O3.ClH/c1-3-4-13-5-6-15(16(11-13)21-2)22-12-17(20)19-14-7-9-18-10-8-14;/h3,5-6,11,14,18H,1,4,7-10,12H2,2H3,(H,19,20);1H. The Kier molecular flexibility index (Phi) is 8.51. The van der Waals surface area contributed by atoms with Crippen LogP contribution in [0.2, 0.25) is 0 Å². The Bertz CT molecular complexity index is 517. The number of hydrogen-bond acceptors (Lipinski definition) is 4. The van der Waals surface area contributed by atoms with Gasteiger partial charge in [0.2, 0.25) is 0 Å². The summed E-state index contributed by atoms with van der Waals surface area (Å²) in [7, 11) is 1.59. The third-order valence-corrected chi connectivity index (χ3v) is 3.67. The first-order valence-corrected chi connectivity index (χ1v) is 7.63. The monoisotopic (exact) mass is 340 g/mol. The molecule has 2 rings (SSSR count). The van der Waals surface area contributed by atoms with Crippen molar-refractivity contribution in [1.29, 1.82) is 0 Å². The molecule has 5 nitrogen and oxygen atoms in total. The van der Waals surface area contributed by atoms with Crippen molar-refractivity contribution in [3.05, 3.63) is 36.4 Å². The van der Waals surface area contributed by atoms with Crippen LogP contribution >= 0.6 is 12.4 Å². The van der Waals surface area contributed by atoms with Gasteiger partial charge in [0, 0.05) is 6.04 Å². The quantitative estimate of drug-likeness (QED) is 0.746. The van der Waals surface area contributed by atoms with E-state index in [1.165, 1.54) is 0 Å². The van der Waals surface area contributed by atoms with Gasteiger partial charge in [-0.25, -0.2) is 0 Å². The Labute approximate surface area is 143 Å². The minimum absolute atomic E-state index is 0. The minimum atomic E-state index is -0.0934. The fourth-order valence-electron chi connectivity index (χ4n) is 2.50. The molecule has 0 radical (unpaired) electrons. The van der Waals surface area contributed by atoms with Gasteiger partial charge in [-0.05, 0) is 50.0 Å². The Hall–Kier alpha value is -1.72. The molecule has 1 aliphatic rings. The zero-order chi connectivity index (χ0) is 15.8. The van der Waals surface area contributed by atoms with E-state index in [2.05, 4.69) is 17.2 Å². The molecule has 6 heteroatoms. The van der Waals surface area contributed by atoms with Crippen LogP contribution in [0.15, 0.2) is 30.9 Å². The van der Waals surface area contributed by atoms with E-state index < -0.39 is 0 Å². The van der Waals surface area contributed by atoms with E-state index >= 15 is 0 Å². The van der Waals surface area contributed by atoms with Crippen molar-refractivity contribution in [3.63, 3.8) is 0 Å². The van der Waals surface area contributed by atoms with E-state index in [9.17, 15) is 4.79 Å². The van der Waals surface area contributed by atoms with Crippen molar-refractivity contribution in [2.24, 2.45) is 0 Å². The lowest BCUT2D eigenvalue weighted by Gasteiger charge is -2.23. The summed E-state index contributed by atoms with van der Waals surface area (Å²) in [5.74, 6) is 1.12. The number of rotatable bonds is 7. The lowest BCUT2D eigenvalue weighted by atomic mass is 10.1. The summed E-state index contributed by atoms with van der Waals surface area (Å²) in [4.78, 5) is 11.9. The molecule has 0 spiro atoms. The average Bonchev–Trinajstić information content (AvgIpc) is 2.54. The Morgan fingerprint density at radius 2 is 2.13 bits per heavy atom. The van der Waals surface area contributed by atoms with Crippen molar-refractivity contribution in [2.45, 2.75) is 25.3 Å². The normalized spacial score (nSPS) is 14.5. The molecule has 1 aliphatic heterocycles. The number of carbonyl (C=O) groups is 1. The summed E-state index contributed by atoms with van der Waals surface area (Å²) in [6.45, 7) is 5.62. The van der Waals surface area contributed by atoms with Crippen LogP contribution in [0.5, 0.6) is 11.5 Å². The highest BCUT2D eigenvalue weighted by Gasteiger charge is 2.16. The molecule has 0 aromatic heterocycles.